The fourth-order valence-electron chi connectivity index (χ4n) is 4.13. The van der Waals surface area contributed by atoms with Gasteiger partial charge in [-0.2, -0.15) is 0 Å². The van der Waals surface area contributed by atoms with E-state index in [-0.39, 0.29) is 5.02 Å². The molecule has 0 heterocycles. The van der Waals surface area contributed by atoms with Crippen molar-refractivity contribution in [2.45, 2.75) is 63.6 Å². The van der Waals surface area contributed by atoms with Gasteiger partial charge in [0.1, 0.15) is 35.1 Å². The van der Waals surface area contributed by atoms with Gasteiger partial charge in [0.2, 0.25) is 0 Å². The Hall–Kier alpha value is -2.55. The highest BCUT2D eigenvalue weighted by Crippen LogP contribution is 2.31. The average Bonchev–Trinajstić information content (AvgIpc) is 3.04. The molecule has 2 aromatic carbocycles. The number of nitrogens with zero attached hydrogens (tertiary/aromatic N) is 1. The molecule has 0 radical (unpaired) electrons. The predicted molar refractivity (Wildman–Crippen MR) is 128 cm³/mol. The van der Waals surface area contributed by atoms with Crippen molar-refractivity contribution in [1.29, 1.82) is 0 Å². The van der Waals surface area contributed by atoms with Crippen molar-refractivity contribution < 1.29 is 28.5 Å². The van der Waals surface area contributed by atoms with E-state index in [2.05, 4.69) is 5.32 Å². The van der Waals surface area contributed by atoms with E-state index in [1.165, 1.54) is 18.2 Å². The van der Waals surface area contributed by atoms with E-state index in [1.807, 2.05) is 36.2 Å². The molecule has 3 rings (SSSR count). The summed E-state index contributed by atoms with van der Waals surface area (Å²) in [6.45, 7) is 5.88. The third-order valence-corrected chi connectivity index (χ3v) is 5.90. The second-order valence-electron chi connectivity index (χ2n) is 9.47. The molecule has 0 aliphatic heterocycles. The number of hydrogen-bond acceptors (Lipinski definition) is 6. The lowest BCUT2D eigenvalue weighted by Gasteiger charge is -2.32. The highest BCUT2D eigenvalue weighted by atomic mass is 35.5. The maximum Gasteiger partial charge on any atom is 0.407 e. The van der Waals surface area contributed by atoms with Gasteiger partial charge in [0.25, 0.3) is 0 Å². The Labute approximate surface area is 204 Å². The summed E-state index contributed by atoms with van der Waals surface area (Å²) in [5.74, 6) is 0.538. The van der Waals surface area contributed by atoms with Crippen LogP contribution in [0.3, 0.4) is 0 Å². The van der Waals surface area contributed by atoms with Gasteiger partial charge in [-0.05, 0) is 57.6 Å². The lowest BCUT2D eigenvalue weighted by atomic mass is 10.1. The van der Waals surface area contributed by atoms with Crippen LogP contribution in [0.2, 0.25) is 5.02 Å². The quantitative estimate of drug-likeness (QED) is 0.594. The number of nitrogens with one attached hydrogen (secondary N) is 1. The summed E-state index contributed by atoms with van der Waals surface area (Å²) >= 11 is 5.88. The number of hydrogen-bond donors (Lipinski definition) is 2. The minimum Gasteiger partial charge on any atom is -0.497 e. The largest absolute Gasteiger partial charge is 0.497 e. The van der Waals surface area contributed by atoms with Gasteiger partial charge in [0.05, 0.1) is 24.2 Å². The van der Waals surface area contributed by atoms with Crippen LogP contribution >= 0.6 is 11.6 Å². The number of carbonyl (C=O) groups is 1. The lowest BCUT2D eigenvalue weighted by molar-refractivity contribution is 0.0108. The van der Waals surface area contributed by atoms with Gasteiger partial charge in [-0.1, -0.05) is 23.7 Å². The average molecular weight is 495 g/mol. The number of ether oxygens (including phenoxy) is 3. The lowest BCUT2D eigenvalue weighted by Crippen LogP contribution is -2.52. The van der Waals surface area contributed by atoms with Crippen molar-refractivity contribution in [3.63, 3.8) is 0 Å². The fourth-order valence-corrected chi connectivity index (χ4v) is 4.30. The number of methoxy groups -OCH3 is 1. The van der Waals surface area contributed by atoms with Crippen LogP contribution < -0.4 is 14.8 Å². The Morgan fingerprint density at radius 3 is 2.44 bits per heavy atom. The van der Waals surface area contributed by atoms with Crippen LogP contribution in [0, 0.1) is 5.82 Å². The molecule has 0 saturated heterocycles. The Kier molecular flexibility index (Phi) is 8.28. The van der Waals surface area contributed by atoms with Crippen molar-refractivity contribution in [3.8, 4) is 11.5 Å². The first-order valence-electron chi connectivity index (χ1n) is 11.1. The maximum absolute atomic E-state index is 13.5. The highest BCUT2D eigenvalue weighted by molar-refractivity contribution is 6.30. The monoisotopic (exact) mass is 494 g/mol. The van der Waals surface area contributed by atoms with Crippen molar-refractivity contribution >= 4 is 17.7 Å². The molecule has 0 bridgehead atoms. The van der Waals surface area contributed by atoms with Gasteiger partial charge in [0, 0.05) is 19.0 Å². The van der Waals surface area contributed by atoms with Gasteiger partial charge < -0.3 is 24.6 Å². The van der Waals surface area contributed by atoms with E-state index < -0.39 is 41.8 Å². The second-order valence-corrected chi connectivity index (χ2v) is 9.87. The van der Waals surface area contributed by atoms with Crippen LogP contribution in [0.15, 0.2) is 42.5 Å². The number of aliphatic hydroxyl groups excluding tert-OH is 1. The van der Waals surface area contributed by atoms with Crippen LogP contribution in [0.5, 0.6) is 11.5 Å². The van der Waals surface area contributed by atoms with Gasteiger partial charge in [-0.3, -0.25) is 4.90 Å². The Balaban J connectivity index is 1.78. The van der Waals surface area contributed by atoms with E-state index in [4.69, 9.17) is 25.8 Å². The minimum atomic E-state index is -0.938. The van der Waals surface area contributed by atoms with Crippen LogP contribution in [0.25, 0.3) is 0 Å². The highest BCUT2D eigenvalue weighted by Gasteiger charge is 2.47. The zero-order chi connectivity index (χ0) is 25.0. The number of rotatable bonds is 7. The third-order valence-electron chi connectivity index (χ3n) is 5.61. The number of alkyl carbamates (subject to hydrolysis) is 1. The first-order chi connectivity index (χ1) is 16.0. The molecule has 1 aliphatic rings. The Morgan fingerprint density at radius 2 is 1.85 bits per heavy atom. The number of amides is 1. The van der Waals surface area contributed by atoms with Gasteiger partial charge in [0.15, 0.2) is 0 Å². The van der Waals surface area contributed by atoms with Crippen molar-refractivity contribution in [2.24, 2.45) is 0 Å². The van der Waals surface area contributed by atoms with Crippen molar-refractivity contribution in [2.75, 3.05) is 14.2 Å². The first-order valence-corrected chi connectivity index (χ1v) is 11.5. The van der Waals surface area contributed by atoms with Crippen LogP contribution in [-0.2, 0) is 11.3 Å². The summed E-state index contributed by atoms with van der Waals surface area (Å²) in [5, 5.41) is 14.0. The number of likely N-dealkylation sites (N-methyl/N-ethyl adjacent to an activating group) is 1. The molecule has 7 nitrogen and oxygen atoms in total. The summed E-state index contributed by atoms with van der Waals surface area (Å²) < 4.78 is 30.1. The van der Waals surface area contributed by atoms with Crippen molar-refractivity contribution in [1.82, 2.24) is 10.2 Å². The Bertz CT molecular complexity index is 982. The number of halogens is 2. The molecule has 4 atom stereocenters. The van der Waals surface area contributed by atoms with E-state index in [0.717, 1.165) is 11.3 Å². The third kappa shape index (κ3) is 6.74. The molecular formula is C25H32ClFN2O5. The molecule has 2 aromatic rings. The van der Waals surface area contributed by atoms with E-state index in [1.54, 1.807) is 27.9 Å². The van der Waals surface area contributed by atoms with Gasteiger partial charge >= 0.3 is 6.09 Å². The van der Waals surface area contributed by atoms with Crippen molar-refractivity contribution in [3.05, 3.63) is 58.9 Å². The normalized spacial score (nSPS) is 22.5. The van der Waals surface area contributed by atoms with Gasteiger partial charge in [-0.15, -0.1) is 0 Å². The summed E-state index contributed by atoms with van der Waals surface area (Å²) in [6, 6.07) is 10.8. The van der Waals surface area contributed by atoms with E-state index >= 15 is 0 Å². The first kappa shape index (κ1) is 26.1. The maximum atomic E-state index is 13.5. The van der Waals surface area contributed by atoms with Gasteiger partial charge in [-0.25, -0.2) is 9.18 Å². The SMILES string of the molecule is COc1ccc(CN(C)[C@@H]2[C@@H](O)[C@H](Oc3ccc(F)c(Cl)c3)C[C@H]2NC(=O)OC(C)(C)C)cc1. The molecule has 186 valence electrons. The zero-order valence-electron chi connectivity index (χ0n) is 20.0. The van der Waals surface area contributed by atoms with Crippen LogP contribution in [0.1, 0.15) is 32.8 Å². The fraction of sp³-hybridized carbons (Fsp3) is 0.480. The molecule has 1 saturated carbocycles. The molecule has 1 amide bonds. The Morgan fingerprint density at radius 1 is 1.21 bits per heavy atom. The molecule has 0 unspecified atom stereocenters. The predicted octanol–water partition coefficient (Wildman–Crippen LogP) is 4.39. The molecule has 9 heteroatoms. The molecular weight excluding hydrogens is 463 g/mol. The second kappa shape index (κ2) is 10.8. The molecule has 2 N–H and O–H groups in total. The zero-order valence-corrected chi connectivity index (χ0v) is 20.8. The standard InChI is InChI=1S/C25H32ClFN2O5/c1-25(2,3)34-24(31)28-20-13-21(33-17-10-11-19(27)18(26)12-17)23(30)22(20)29(4)14-15-6-8-16(32-5)9-7-15/h6-12,20-23,30H,13-14H2,1-5H3,(H,28,31)/t20-,21-,22+,23+/m1/s1. The van der Waals surface area contributed by atoms with Crippen LogP contribution in [-0.4, -0.2) is 60.1 Å². The number of benzene rings is 2. The summed E-state index contributed by atoms with van der Waals surface area (Å²) in [6.07, 6.45) is -1.83. The summed E-state index contributed by atoms with van der Waals surface area (Å²) in [4.78, 5) is 14.5. The van der Waals surface area contributed by atoms with Crippen LogP contribution in [0.4, 0.5) is 9.18 Å². The topological polar surface area (TPSA) is 80.3 Å². The summed E-state index contributed by atoms with van der Waals surface area (Å²) in [7, 11) is 3.48. The molecule has 1 aliphatic carbocycles. The molecule has 0 spiro atoms. The molecule has 0 aromatic heterocycles. The van der Waals surface area contributed by atoms with E-state index in [9.17, 15) is 14.3 Å². The van der Waals surface area contributed by atoms with E-state index in [0.29, 0.717) is 18.7 Å². The summed E-state index contributed by atoms with van der Waals surface area (Å²) in [5.41, 5.74) is 0.355. The molecule has 34 heavy (non-hydrogen) atoms. The number of carbonyl (C=O) groups excluding carboxylic acids is 1. The smallest absolute Gasteiger partial charge is 0.407 e. The number of aliphatic hydroxyl groups is 1. The molecule has 1 fully saturated rings. The minimum absolute atomic E-state index is 0.0680.